The third-order valence-corrected chi connectivity index (χ3v) is 3.38. The van der Waals surface area contributed by atoms with E-state index in [1.807, 2.05) is 19.1 Å². The molecule has 0 aliphatic carbocycles. The van der Waals surface area contributed by atoms with Crippen LogP contribution in [0.4, 0.5) is 14.5 Å². The summed E-state index contributed by atoms with van der Waals surface area (Å²) in [6.45, 7) is 3.47. The zero-order chi connectivity index (χ0) is 17.7. The van der Waals surface area contributed by atoms with Gasteiger partial charge in [0.1, 0.15) is 17.7 Å². The minimum atomic E-state index is -0.780. The standard InChI is InChI=1S/C18H18F2N2O2/c1-11-3-5-16(6-4-11)22-18(24)12(2)21-17(23)9-13-7-14(19)10-15(20)8-13/h3-8,10,12H,9H2,1-2H3,(H,21,23)(H,22,24)/t12-/m0/s1. The van der Waals surface area contributed by atoms with Gasteiger partial charge in [-0.25, -0.2) is 8.78 Å². The van der Waals surface area contributed by atoms with Gasteiger partial charge in [-0.05, 0) is 43.7 Å². The third-order valence-electron chi connectivity index (χ3n) is 3.38. The number of hydrogen-bond donors (Lipinski definition) is 2. The van der Waals surface area contributed by atoms with Crippen molar-refractivity contribution in [2.75, 3.05) is 5.32 Å². The number of nitrogens with one attached hydrogen (secondary N) is 2. The maximum Gasteiger partial charge on any atom is 0.246 e. The van der Waals surface area contributed by atoms with Gasteiger partial charge in [-0.15, -0.1) is 0 Å². The number of aryl methyl sites for hydroxylation is 1. The van der Waals surface area contributed by atoms with Crippen LogP contribution in [0.5, 0.6) is 0 Å². The van der Waals surface area contributed by atoms with E-state index < -0.39 is 23.6 Å². The van der Waals surface area contributed by atoms with E-state index in [-0.39, 0.29) is 17.9 Å². The molecule has 2 aromatic rings. The van der Waals surface area contributed by atoms with Gasteiger partial charge in [-0.3, -0.25) is 9.59 Å². The lowest BCUT2D eigenvalue weighted by Gasteiger charge is -2.14. The van der Waals surface area contributed by atoms with Crippen molar-refractivity contribution in [2.45, 2.75) is 26.3 Å². The number of rotatable bonds is 5. The first-order valence-electron chi connectivity index (χ1n) is 7.45. The molecule has 0 bridgehead atoms. The van der Waals surface area contributed by atoms with Crippen LogP contribution in [0.2, 0.25) is 0 Å². The Hall–Kier alpha value is -2.76. The predicted molar refractivity (Wildman–Crippen MR) is 87.5 cm³/mol. The number of hydrogen-bond acceptors (Lipinski definition) is 2. The number of carbonyl (C=O) groups excluding carboxylic acids is 2. The van der Waals surface area contributed by atoms with Gasteiger partial charge in [0.25, 0.3) is 0 Å². The molecule has 2 rings (SSSR count). The van der Waals surface area contributed by atoms with Gasteiger partial charge < -0.3 is 10.6 Å². The minimum absolute atomic E-state index is 0.205. The fourth-order valence-electron chi connectivity index (χ4n) is 2.14. The Morgan fingerprint density at radius 2 is 1.62 bits per heavy atom. The molecule has 2 aromatic carbocycles. The van der Waals surface area contributed by atoms with Crippen molar-refractivity contribution < 1.29 is 18.4 Å². The topological polar surface area (TPSA) is 58.2 Å². The lowest BCUT2D eigenvalue weighted by molar-refractivity contribution is -0.125. The fraction of sp³-hybridized carbons (Fsp3) is 0.222. The first-order chi connectivity index (χ1) is 11.3. The molecule has 2 amide bonds. The molecule has 0 saturated heterocycles. The van der Waals surface area contributed by atoms with Crippen molar-refractivity contribution in [1.82, 2.24) is 5.32 Å². The van der Waals surface area contributed by atoms with Gasteiger partial charge >= 0.3 is 0 Å². The molecule has 0 unspecified atom stereocenters. The van der Waals surface area contributed by atoms with Crippen LogP contribution in [-0.4, -0.2) is 17.9 Å². The SMILES string of the molecule is Cc1ccc(NC(=O)[C@H](C)NC(=O)Cc2cc(F)cc(F)c2)cc1. The van der Waals surface area contributed by atoms with Crippen LogP contribution in [0.15, 0.2) is 42.5 Å². The molecular weight excluding hydrogens is 314 g/mol. The number of carbonyl (C=O) groups is 2. The van der Waals surface area contributed by atoms with E-state index in [2.05, 4.69) is 10.6 Å². The van der Waals surface area contributed by atoms with Gasteiger partial charge in [0.05, 0.1) is 6.42 Å². The Kier molecular flexibility index (Phi) is 5.63. The molecule has 0 heterocycles. The van der Waals surface area contributed by atoms with Crippen molar-refractivity contribution in [1.29, 1.82) is 0 Å². The smallest absolute Gasteiger partial charge is 0.246 e. The third kappa shape index (κ3) is 5.15. The highest BCUT2D eigenvalue weighted by molar-refractivity contribution is 5.97. The van der Waals surface area contributed by atoms with Gasteiger partial charge in [-0.1, -0.05) is 17.7 Å². The number of amides is 2. The van der Waals surface area contributed by atoms with Gasteiger partial charge in [0.2, 0.25) is 11.8 Å². The number of benzene rings is 2. The summed E-state index contributed by atoms with van der Waals surface area (Å²) in [7, 11) is 0. The Morgan fingerprint density at radius 1 is 1.04 bits per heavy atom. The van der Waals surface area contributed by atoms with E-state index in [0.717, 1.165) is 23.8 Å². The van der Waals surface area contributed by atoms with E-state index >= 15 is 0 Å². The lowest BCUT2D eigenvalue weighted by Crippen LogP contribution is -2.42. The van der Waals surface area contributed by atoms with E-state index in [4.69, 9.17) is 0 Å². The highest BCUT2D eigenvalue weighted by atomic mass is 19.1. The molecule has 0 spiro atoms. The van der Waals surface area contributed by atoms with Crippen LogP contribution in [0.1, 0.15) is 18.1 Å². The van der Waals surface area contributed by atoms with E-state index in [1.54, 1.807) is 12.1 Å². The summed E-state index contributed by atoms with van der Waals surface area (Å²) in [4.78, 5) is 24.0. The van der Waals surface area contributed by atoms with Crippen LogP contribution in [0.3, 0.4) is 0 Å². The normalized spacial score (nSPS) is 11.7. The predicted octanol–water partition coefficient (Wildman–Crippen LogP) is 2.96. The van der Waals surface area contributed by atoms with E-state index in [9.17, 15) is 18.4 Å². The molecule has 0 aliphatic heterocycles. The number of halogens is 2. The lowest BCUT2D eigenvalue weighted by atomic mass is 10.1. The fourth-order valence-corrected chi connectivity index (χ4v) is 2.14. The Morgan fingerprint density at radius 3 is 2.21 bits per heavy atom. The first-order valence-corrected chi connectivity index (χ1v) is 7.45. The monoisotopic (exact) mass is 332 g/mol. The summed E-state index contributed by atoms with van der Waals surface area (Å²) in [5.74, 6) is -2.37. The summed E-state index contributed by atoms with van der Waals surface area (Å²) in [6, 6.07) is 9.36. The quantitative estimate of drug-likeness (QED) is 0.884. The average molecular weight is 332 g/mol. The second kappa shape index (κ2) is 7.68. The number of anilines is 1. The Labute approximate surface area is 138 Å². The molecule has 126 valence electrons. The van der Waals surface area contributed by atoms with Crippen LogP contribution >= 0.6 is 0 Å². The zero-order valence-electron chi connectivity index (χ0n) is 13.4. The van der Waals surface area contributed by atoms with Crippen molar-refractivity contribution in [2.24, 2.45) is 0 Å². The van der Waals surface area contributed by atoms with Crippen LogP contribution in [0, 0.1) is 18.6 Å². The Bertz CT molecular complexity index is 725. The molecule has 24 heavy (non-hydrogen) atoms. The highest BCUT2D eigenvalue weighted by Gasteiger charge is 2.16. The maximum absolute atomic E-state index is 13.1. The zero-order valence-corrected chi connectivity index (χ0v) is 13.4. The molecule has 0 saturated carbocycles. The second-order valence-electron chi connectivity index (χ2n) is 5.60. The van der Waals surface area contributed by atoms with Gasteiger partial charge in [0, 0.05) is 11.8 Å². The molecule has 2 N–H and O–H groups in total. The molecule has 0 fully saturated rings. The molecular formula is C18H18F2N2O2. The summed E-state index contributed by atoms with van der Waals surface area (Å²) >= 11 is 0. The second-order valence-corrected chi connectivity index (χ2v) is 5.60. The van der Waals surface area contributed by atoms with E-state index in [1.165, 1.54) is 6.92 Å². The van der Waals surface area contributed by atoms with Crippen molar-refractivity contribution in [3.63, 3.8) is 0 Å². The minimum Gasteiger partial charge on any atom is -0.344 e. The maximum atomic E-state index is 13.1. The summed E-state index contributed by atoms with van der Waals surface area (Å²) in [5.41, 5.74) is 1.90. The van der Waals surface area contributed by atoms with Gasteiger partial charge in [-0.2, -0.15) is 0 Å². The van der Waals surface area contributed by atoms with Crippen molar-refractivity contribution in [3.05, 3.63) is 65.2 Å². The summed E-state index contributed by atoms with van der Waals surface area (Å²) in [5, 5.41) is 5.19. The highest BCUT2D eigenvalue weighted by Crippen LogP contribution is 2.10. The molecule has 4 nitrogen and oxygen atoms in total. The summed E-state index contributed by atoms with van der Waals surface area (Å²) in [6.07, 6.45) is -0.211. The first kappa shape index (κ1) is 17.6. The van der Waals surface area contributed by atoms with Crippen molar-refractivity contribution in [3.8, 4) is 0 Å². The molecule has 1 atom stereocenters. The van der Waals surface area contributed by atoms with Crippen LogP contribution < -0.4 is 10.6 Å². The van der Waals surface area contributed by atoms with Crippen LogP contribution in [0.25, 0.3) is 0 Å². The Balaban J connectivity index is 1.90. The molecule has 0 radical (unpaired) electrons. The molecule has 6 heteroatoms. The molecule has 0 aliphatic rings. The average Bonchev–Trinajstić information content (AvgIpc) is 2.48. The van der Waals surface area contributed by atoms with Crippen molar-refractivity contribution >= 4 is 17.5 Å². The van der Waals surface area contributed by atoms with E-state index in [0.29, 0.717) is 5.69 Å². The largest absolute Gasteiger partial charge is 0.344 e. The molecule has 0 aromatic heterocycles. The summed E-state index contributed by atoms with van der Waals surface area (Å²) < 4.78 is 26.2. The van der Waals surface area contributed by atoms with Gasteiger partial charge in [0.15, 0.2) is 0 Å². The van der Waals surface area contributed by atoms with Crippen LogP contribution in [-0.2, 0) is 16.0 Å².